The quantitative estimate of drug-likeness (QED) is 0.473. The van der Waals surface area contributed by atoms with Crippen molar-refractivity contribution in [1.29, 1.82) is 0 Å². The number of rotatable bonds is 8. The van der Waals surface area contributed by atoms with Crippen molar-refractivity contribution in [2.45, 2.75) is 51.4 Å². The topological polar surface area (TPSA) is 109 Å². The van der Waals surface area contributed by atoms with Gasteiger partial charge >= 0.3 is 6.18 Å². The number of piperidine rings is 1. The summed E-state index contributed by atoms with van der Waals surface area (Å²) in [5.74, 6) is -1.55. The maximum atomic E-state index is 14.9. The number of carbonyl (C=O) groups is 2. The number of pyridine rings is 1. The van der Waals surface area contributed by atoms with Gasteiger partial charge in [0.1, 0.15) is 17.6 Å². The molecule has 2 saturated heterocycles. The number of likely N-dealkylation sites (tertiary alicyclic amines) is 2. The fourth-order valence-corrected chi connectivity index (χ4v) is 5.12. The standard InChI is InChI=1S/C28H34F4N4O4/c1-27(2,28(30,31)32)16-35-9-7-17(8-10-35)15-40-20-4-6-23(34-13-20)18-3-5-21(22(29)11-18)26(39)36-14-19(37)12-24(36)25(33)38/h3-6,11,13,17,19,24,37H,7-10,12,14-16H2,1-2H3,(H2,33,38)/t19-,24+/m1/s1. The number of hydrogen-bond acceptors (Lipinski definition) is 6. The SMILES string of the molecule is CC(C)(CN1CCC(COc2ccc(-c3ccc(C(=O)N4C[C@H](O)C[C@H]4C(N)=O)c(F)c3)nc2)CC1)C(F)(F)F. The molecular weight excluding hydrogens is 532 g/mol. The Morgan fingerprint density at radius 3 is 2.42 bits per heavy atom. The number of nitrogens with two attached hydrogens (primary N) is 1. The van der Waals surface area contributed by atoms with Crippen molar-refractivity contribution in [3.8, 4) is 17.0 Å². The zero-order valence-corrected chi connectivity index (χ0v) is 22.5. The second-order valence-corrected chi connectivity index (χ2v) is 11.3. The third kappa shape index (κ3) is 6.72. The predicted molar refractivity (Wildman–Crippen MR) is 139 cm³/mol. The van der Waals surface area contributed by atoms with Gasteiger partial charge in [0.25, 0.3) is 5.91 Å². The maximum absolute atomic E-state index is 14.9. The molecule has 1 aromatic carbocycles. The summed E-state index contributed by atoms with van der Waals surface area (Å²) in [6.45, 7) is 3.89. The number of nitrogens with zero attached hydrogens (tertiary/aromatic N) is 3. The van der Waals surface area contributed by atoms with Crippen molar-refractivity contribution in [3.05, 3.63) is 47.9 Å². The predicted octanol–water partition coefficient (Wildman–Crippen LogP) is 3.63. The van der Waals surface area contributed by atoms with Crippen LogP contribution in [0.4, 0.5) is 17.6 Å². The van der Waals surface area contributed by atoms with E-state index in [1.807, 2.05) is 4.90 Å². The number of hydrogen-bond donors (Lipinski definition) is 2. The molecule has 1 aromatic heterocycles. The van der Waals surface area contributed by atoms with Crippen molar-refractivity contribution in [3.63, 3.8) is 0 Å². The van der Waals surface area contributed by atoms with Gasteiger partial charge in [0.15, 0.2) is 0 Å². The molecule has 2 aromatic rings. The van der Waals surface area contributed by atoms with Crippen LogP contribution in [0.5, 0.6) is 5.75 Å². The molecule has 4 rings (SSSR count). The van der Waals surface area contributed by atoms with E-state index in [2.05, 4.69) is 4.98 Å². The first-order valence-corrected chi connectivity index (χ1v) is 13.2. The normalized spacial score (nSPS) is 21.0. The van der Waals surface area contributed by atoms with E-state index >= 15 is 0 Å². The minimum atomic E-state index is -4.24. The van der Waals surface area contributed by atoms with Crippen LogP contribution in [0, 0.1) is 17.2 Å². The molecule has 3 N–H and O–H groups in total. The largest absolute Gasteiger partial charge is 0.492 e. The second-order valence-electron chi connectivity index (χ2n) is 11.3. The minimum absolute atomic E-state index is 0.0125. The number of β-amino-alcohol motifs (C(OH)–C–C–N with tert-alkyl or cyclic N) is 1. The highest BCUT2D eigenvalue weighted by molar-refractivity contribution is 5.98. The monoisotopic (exact) mass is 566 g/mol. The molecule has 0 unspecified atom stereocenters. The molecule has 2 amide bonds. The number of aliphatic hydroxyl groups is 1. The summed E-state index contributed by atoms with van der Waals surface area (Å²) >= 11 is 0. The van der Waals surface area contributed by atoms with E-state index in [1.165, 1.54) is 32.2 Å². The summed E-state index contributed by atoms with van der Waals surface area (Å²) in [6, 6.07) is 6.39. The van der Waals surface area contributed by atoms with Crippen molar-refractivity contribution in [2.24, 2.45) is 17.1 Å². The highest BCUT2D eigenvalue weighted by Gasteiger charge is 2.48. The molecule has 2 atom stereocenters. The summed E-state index contributed by atoms with van der Waals surface area (Å²) in [5.41, 5.74) is 4.22. The van der Waals surface area contributed by atoms with E-state index in [0.29, 0.717) is 36.7 Å². The summed E-state index contributed by atoms with van der Waals surface area (Å²) in [6.07, 6.45) is -2.15. The highest BCUT2D eigenvalue weighted by Crippen LogP contribution is 2.38. The van der Waals surface area contributed by atoms with E-state index in [0.717, 1.165) is 17.7 Å². The number of ether oxygens (including phenoxy) is 1. The number of amides is 2. The molecule has 0 radical (unpaired) electrons. The number of halogens is 4. The van der Waals surface area contributed by atoms with Gasteiger partial charge in [-0.2, -0.15) is 13.2 Å². The van der Waals surface area contributed by atoms with Crippen LogP contribution in [0.1, 0.15) is 43.5 Å². The van der Waals surface area contributed by atoms with Gasteiger partial charge in [0, 0.05) is 25.1 Å². The lowest BCUT2D eigenvalue weighted by atomic mass is 9.89. The molecule has 40 heavy (non-hydrogen) atoms. The summed E-state index contributed by atoms with van der Waals surface area (Å²) in [5, 5.41) is 9.83. The van der Waals surface area contributed by atoms with E-state index in [-0.39, 0.29) is 31.0 Å². The Balaban J connectivity index is 1.30. The Hall–Kier alpha value is -3.25. The molecule has 2 aliphatic heterocycles. The summed E-state index contributed by atoms with van der Waals surface area (Å²) in [4.78, 5) is 31.7. The van der Waals surface area contributed by atoms with Crippen LogP contribution in [0.15, 0.2) is 36.5 Å². The fraction of sp³-hybridized carbons (Fsp3) is 0.536. The maximum Gasteiger partial charge on any atom is 0.395 e. The number of alkyl halides is 3. The average molecular weight is 567 g/mol. The Labute approximate surface area is 230 Å². The molecule has 0 bridgehead atoms. The van der Waals surface area contributed by atoms with Gasteiger partial charge in [-0.25, -0.2) is 4.39 Å². The summed E-state index contributed by atoms with van der Waals surface area (Å²) in [7, 11) is 0. The number of benzene rings is 1. The van der Waals surface area contributed by atoms with Crippen LogP contribution in [0.2, 0.25) is 0 Å². The second kappa shape index (κ2) is 11.7. The average Bonchev–Trinajstić information content (AvgIpc) is 3.29. The highest BCUT2D eigenvalue weighted by atomic mass is 19.4. The Bertz CT molecular complexity index is 1210. The van der Waals surface area contributed by atoms with Crippen molar-refractivity contribution in [1.82, 2.24) is 14.8 Å². The molecular formula is C28H34F4N4O4. The number of aromatic nitrogens is 1. The molecule has 0 saturated carbocycles. The number of primary amides is 1. The molecule has 12 heteroatoms. The van der Waals surface area contributed by atoms with Gasteiger partial charge in [-0.15, -0.1) is 0 Å². The van der Waals surface area contributed by atoms with E-state index in [4.69, 9.17) is 10.5 Å². The smallest absolute Gasteiger partial charge is 0.395 e. The van der Waals surface area contributed by atoms with E-state index in [9.17, 15) is 32.3 Å². The third-order valence-electron chi connectivity index (χ3n) is 7.68. The third-order valence-corrected chi connectivity index (χ3v) is 7.68. The zero-order valence-electron chi connectivity index (χ0n) is 22.5. The van der Waals surface area contributed by atoms with Crippen LogP contribution in [0.25, 0.3) is 11.3 Å². The van der Waals surface area contributed by atoms with Crippen LogP contribution >= 0.6 is 0 Å². The molecule has 218 valence electrons. The first-order chi connectivity index (χ1) is 18.7. The molecule has 0 spiro atoms. The van der Waals surface area contributed by atoms with Gasteiger partial charge in [0.05, 0.1) is 35.6 Å². The molecule has 2 aliphatic rings. The van der Waals surface area contributed by atoms with Gasteiger partial charge in [-0.1, -0.05) is 6.07 Å². The molecule has 3 heterocycles. The zero-order chi connectivity index (χ0) is 29.2. The van der Waals surface area contributed by atoms with Crippen molar-refractivity contribution < 1.29 is 37.0 Å². The van der Waals surface area contributed by atoms with Crippen molar-refractivity contribution in [2.75, 3.05) is 32.8 Å². The summed E-state index contributed by atoms with van der Waals surface area (Å²) < 4.78 is 60.3. The van der Waals surface area contributed by atoms with Crippen LogP contribution < -0.4 is 10.5 Å². The lowest BCUT2D eigenvalue weighted by Gasteiger charge is -2.38. The van der Waals surface area contributed by atoms with E-state index in [1.54, 1.807) is 18.2 Å². The molecule has 8 nitrogen and oxygen atoms in total. The van der Waals surface area contributed by atoms with Crippen LogP contribution in [-0.2, 0) is 4.79 Å². The Morgan fingerprint density at radius 2 is 1.85 bits per heavy atom. The van der Waals surface area contributed by atoms with Crippen LogP contribution in [-0.4, -0.2) is 82.8 Å². The van der Waals surface area contributed by atoms with Gasteiger partial charge in [-0.05, 0) is 70.0 Å². The van der Waals surface area contributed by atoms with Crippen LogP contribution in [0.3, 0.4) is 0 Å². The van der Waals surface area contributed by atoms with Gasteiger partial charge in [-0.3, -0.25) is 14.6 Å². The lowest BCUT2D eigenvalue weighted by molar-refractivity contribution is -0.217. The first kappa shape index (κ1) is 29.7. The molecule has 0 aliphatic carbocycles. The number of aliphatic hydroxyl groups excluding tert-OH is 1. The Morgan fingerprint density at radius 1 is 1.15 bits per heavy atom. The van der Waals surface area contributed by atoms with E-state index < -0.39 is 41.4 Å². The van der Waals surface area contributed by atoms with Gasteiger partial charge in [0.2, 0.25) is 5.91 Å². The Kier molecular flexibility index (Phi) is 8.69. The fourth-order valence-electron chi connectivity index (χ4n) is 5.12. The first-order valence-electron chi connectivity index (χ1n) is 13.2. The molecule has 2 fully saturated rings. The number of carbonyl (C=O) groups excluding carboxylic acids is 2. The van der Waals surface area contributed by atoms with Crippen molar-refractivity contribution >= 4 is 11.8 Å². The van der Waals surface area contributed by atoms with Gasteiger partial charge < -0.3 is 25.4 Å². The lowest BCUT2D eigenvalue weighted by Crippen LogP contribution is -2.46. The minimum Gasteiger partial charge on any atom is -0.492 e.